The number of aldehydes is 1. The van der Waals surface area contributed by atoms with E-state index in [1.807, 2.05) is 18.2 Å². The molecule has 2 aromatic heterocycles. The summed E-state index contributed by atoms with van der Waals surface area (Å²) in [7, 11) is 1.79. The maximum absolute atomic E-state index is 11.2. The number of hydrogen-bond acceptors (Lipinski definition) is 3. The molecule has 0 aliphatic heterocycles. The molecule has 0 aliphatic carbocycles. The zero-order valence-electron chi connectivity index (χ0n) is 11.7. The fourth-order valence-electron chi connectivity index (χ4n) is 2.71. The number of carbonyl (C=O) groups excluding carboxylic acids is 1. The number of hydrogen-bond donors (Lipinski definition) is 1. The van der Waals surface area contributed by atoms with E-state index in [1.165, 1.54) is 5.52 Å². The minimum absolute atomic E-state index is 0.597. The van der Waals surface area contributed by atoms with Gasteiger partial charge in [-0.2, -0.15) is 0 Å². The Labute approximate surface area is 117 Å². The molecule has 0 bridgehead atoms. The van der Waals surface area contributed by atoms with Crippen molar-refractivity contribution in [2.45, 2.75) is 19.9 Å². The molecule has 1 N–H and O–H groups in total. The highest BCUT2D eigenvalue weighted by atomic mass is 16.1. The van der Waals surface area contributed by atoms with Crippen LogP contribution in [0.15, 0.2) is 30.3 Å². The second kappa shape index (κ2) is 4.96. The van der Waals surface area contributed by atoms with Crippen molar-refractivity contribution < 1.29 is 4.79 Å². The second-order valence-corrected chi connectivity index (χ2v) is 4.83. The first kappa shape index (κ1) is 12.7. The molecule has 0 saturated heterocycles. The third kappa shape index (κ3) is 1.76. The lowest BCUT2D eigenvalue weighted by molar-refractivity contribution is 0.112. The van der Waals surface area contributed by atoms with Crippen molar-refractivity contribution >= 4 is 34.0 Å². The lowest BCUT2D eigenvalue weighted by atomic mass is 10.1. The van der Waals surface area contributed by atoms with Crippen LogP contribution < -0.4 is 5.32 Å². The first-order valence-electron chi connectivity index (χ1n) is 6.85. The van der Waals surface area contributed by atoms with Gasteiger partial charge >= 0.3 is 0 Å². The van der Waals surface area contributed by atoms with Crippen LogP contribution in [0.4, 0.5) is 5.82 Å². The zero-order chi connectivity index (χ0) is 14.1. The third-order valence-corrected chi connectivity index (χ3v) is 3.58. The topological polar surface area (TPSA) is 46.9 Å². The fraction of sp³-hybridized carbons (Fsp3) is 0.250. The lowest BCUT2D eigenvalue weighted by Gasteiger charge is -2.07. The third-order valence-electron chi connectivity index (χ3n) is 3.58. The van der Waals surface area contributed by atoms with Crippen molar-refractivity contribution in [3.05, 3.63) is 35.9 Å². The molecule has 0 unspecified atom stereocenters. The van der Waals surface area contributed by atoms with Crippen molar-refractivity contribution in [3.63, 3.8) is 0 Å². The number of pyridine rings is 1. The summed E-state index contributed by atoms with van der Waals surface area (Å²) in [4.78, 5) is 15.9. The number of nitrogens with zero attached hydrogens (tertiary/aromatic N) is 2. The number of carbonyl (C=O) groups is 1. The predicted molar refractivity (Wildman–Crippen MR) is 82.5 cm³/mol. The Morgan fingerprint density at radius 1 is 1.30 bits per heavy atom. The molecule has 4 nitrogen and oxygen atoms in total. The molecule has 0 radical (unpaired) electrons. The highest BCUT2D eigenvalue weighted by Gasteiger charge is 2.14. The van der Waals surface area contributed by atoms with Gasteiger partial charge in [0.2, 0.25) is 0 Å². The molecule has 4 heteroatoms. The van der Waals surface area contributed by atoms with E-state index in [0.29, 0.717) is 11.4 Å². The molecule has 1 aromatic carbocycles. The van der Waals surface area contributed by atoms with Gasteiger partial charge < -0.3 is 9.88 Å². The maximum Gasteiger partial charge on any atom is 0.153 e. The molecular weight excluding hydrogens is 250 g/mol. The summed E-state index contributed by atoms with van der Waals surface area (Å²) in [5, 5.41) is 5.18. The molecule has 0 amide bonds. The first-order chi connectivity index (χ1) is 9.80. The van der Waals surface area contributed by atoms with Crippen molar-refractivity contribution in [2.75, 3.05) is 12.4 Å². The number of benzene rings is 1. The molecular formula is C16H17N3O. The van der Waals surface area contributed by atoms with E-state index in [9.17, 15) is 4.79 Å². The number of fused-ring (bicyclic) bond motifs is 3. The van der Waals surface area contributed by atoms with Gasteiger partial charge in [0.15, 0.2) is 6.29 Å². The van der Waals surface area contributed by atoms with E-state index in [1.54, 1.807) is 7.05 Å². The van der Waals surface area contributed by atoms with Crippen LogP contribution in [-0.2, 0) is 6.54 Å². The Hall–Kier alpha value is -2.36. The van der Waals surface area contributed by atoms with Crippen LogP contribution in [0, 0.1) is 0 Å². The van der Waals surface area contributed by atoms with Crippen LogP contribution in [-0.4, -0.2) is 22.9 Å². The largest absolute Gasteiger partial charge is 0.372 e. The van der Waals surface area contributed by atoms with Crippen LogP contribution in [0.1, 0.15) is 23.7 Å². The van der Waals surface area contributed by atoms with Gasteiger partial charge in [-0.3, -0.25) is 4.79 Å². The van der Waals surface area contributed by atoms with Gasteiger partial charge in [0.1, 0.15) is 11.5 Å². The number of anilines is 1. The lowest BCUT2D eigenvalue weighted by Crippen LogP contribution is -2.02. The minimum Gasteiger partial charge on any atom is -0.372 e. The molecule has 2 heterocycles. The van der Waals surface area contributed by atoms with E-state index in [2.05, 4.69) is 33.9 Å². The molecule has 102 valence electrons. The molecule has 20 heavy (non-hydrogen) atoms. The summed E-state index contributed by atoms with van der Waals surface area (Å²) in [6.07, 6.45) is 1.89. The van der Waals surface area contributed by atoms with Gasteiger partial charge in [-0.25, -0.2) is 4.98 Å². The van der Waals surface area contributed by atoms with E-state index in [-0.39, 0.29) is 0 Å². The van der Waals surface area contributed by atoms with E-state index in [4.69, 9.17) is 0 Å². The van der Waals surface area contributed by atoms with Crippen molar-refractivity contribution in [1.29, 1.82) is 0 Å². The Kier molecular flexibility index (Phi) is 3.14. The SMILES string of the molecule is CCCn1c2ccccc2c2cc(C=O)c(NC)nc21. The molecule has 0 aliphatic rings. The Morgan fingerprint density at radius 2 is 2.10 bits per heavy atom. The van der Waals surface area contributed by atoms with Gasteiger partial charge in [0.05, 0.1) is 11.1 Å². The van der Waals surface area contributed by atoms with Gasteiger partial charge in [0, 0.05) is 24.4 Å². The standard InChI is InChI=1S/C16H17N3O/c1-3-8-19-14-7-5-4-6-12(14)13-9-11(10-20)15(17-2)18-16(13)19/h4-7,9-10H,3,8H2,1-2H3,(H,17,18). The summed E-state index contributed by atoms with van der Waals surface area (Å²) in [5.74, 6) is 0.632. The predicted octanol–water partition coefficient (Wildman–Crippen LogP) is 3.45. The van der Waals surface area contributed by atoms with Crippen molar-refractivity contribution in [2.24, 2.45) is 0 Å². The van der Waals surface area contributed by atoms with Crippen LogP contribution in [0.25, 0.3) is 21.9 Å². The summed E-state index contributed by atoms with van der Waals surface area (Å²) in [5.41, 5.74) is 2.70. The number of nitrogens with one attached hydrogen (secondary N) is 1. The highest BCUT2D eigenvalue weighted by molar-refractivity contribution is 6.08. The van der Waals surface area contributed by atoms with E-state index >= 15 is 0 Å². The molecule has 0 fully saturated rings. The Morgan fingerprint density at radius 3 is 2.80 bits per heavy atom. The number of aromatic nitrogens is 2. The highest BCUT2D eigenvalue weighted by Crippen LogP contribution is 2.30. The number of para-hydroxylation sites is 1. The van der Waals surface area contributed by atoms with Gasteiger partial charge in [-0.1, -0.05) is 25.1 Å². The second-order valence-electron chi connectivity index (χ2n) is 4.83. The first-order valence-corrected chi connectivity index (χ1v) is 6.85. The van der Waals surface area contributed by atoms with Crippen LogP contribution in [0.5, 0.6) is 0 Å². The maximum atomic E-state index is 11.2. The average molecular weight is 267 g/mol. The number of aryl methyl sites for hydroxylation is 1. The van der Waals surface area contributed by atoms with E-state index < -0.39 is 0 Å². The summed E-state index contributed by atoms with van der Waals surface area (Å²) in [6, 6.07) is 10.2. The van der Waals surface area contributed by atoms with Crippen molar-refractivity contribution in [3.8, 4) is 0 Å². The van der Waals surface area contributed by atoms with Crippen molar-refractivity contribution in [1.82, 2.24) is 9.55 Å². The summed E-state index contributed by atoms with van der Waals surface area (Å²) < 4.78 is 2.22. The molecule has 0 atom stereocenters. The Balaban J connectivity index is 2.46. The van der Waals surface area contributed by atoms with Gasteiger partial charge in [-0.05, 0) is 18.6 Å². The minimum atomic E-state index is 0.597. The average Bonchev–Trinajstić information content (AvgIpc) is 2.80. The monoisotopic (exact) mass is 267 g/mol. The zero-order valence-corrected chi connectivity index (χ0v) is 11.7. The summed E-state index contributed by atoms with van der Waals surface area (Å²) >= 11 is 0. The normalized spacial score (nSPS) is 11.1. The number of rotatable bonds is 4. The van der Waals surface area contributed by atoms with Gasteiger partial charge in [-0.15, -0.1) is 0 Å². The van der Waals surface area contributed by atoms with Gasteiger partial charge in [0.25, 0.3) is 0 Å². The van der Waals surface area contributed by atoms with Crippen LogP contribution in [0.2, 0.25) is 0 Å². The fourth-order valence-corrected chi connectivity index (χ4v) is 2.71. The molecule has 3 rings (SSSR count). The molecule has 0 saturated carbocycles. The smallest absolute Gasteiger partial charge is 0.153 e. The molecule has 0 spiro atoms. The van der Waals surface area contributed by atoms with E-state index in [0.717, 1.165) is 35.7 Å². The van der Waals surface area contributed by atoms with Crippen LogP contribution >= 0.6 is 0 Å². The Bertz CT molecular complexity index is 789. The quantitative estimate of drug-likeness (QED) is 0.736. The summed E-state index contributed by atoms with van der Waals surface area (Å²) in [6.45, 7) is 3.07. The van der Waals surface area contributed by atoms with Crippen LogP contribution in [0.3, 0.4) is 0 Å². The molecule has 3 aromatic rings.